The third-order valence-electron chi connectivity index (χ3n) is 4.72. The van der Waals surface area contributed by atoms with Gasteiger partial charge in [-0.1, -0.05) is 60.7 Å². The third-order valence-corrected chi connectivity index (χ3v) is 4.72. The zero-order valence-electron chi connectivity index (χ0n) is 13.9. The van der Waals surface area contributed by atoms with Gasteiger partial charge in [-0.2, -0.15) is 0 Å². The number of H-pyrrole nitrogens is 1. The standard InChI is InChI=1S/C22H17NO2/c1-14-19(17-10-4-5-12-20(17)23-22(14)25)13-21(24)18-11-6-8-15-7-2-3-9-16(15)18/h2-12H,13H2,1H3,(H,23,25). The lowest BCUT2D eigenvalue weighted by molar-refractivity contribution is 0.0994. The van der Waals surface area contributed by atoms with E-state index in [1.807, 2.05) is 66.7 Å². The first kappa shape index (κ1) is 15.3. The molecule has 1 aromatic heterocycles. The second kappa shape index (κ2) is 6.02. The van der Waals surface area contributed by atoms with Gasteiger partial charge in [0.25, 0.3) is 5.56 Å². The van der Waals surface area contributed by atoms with Crippen molar-refractivity contribution in [2.45, 2.75) is 13.3 Å². The van der Waals surface area contributed by atoms with Crippen LogP contribution in [0.4, 0.5) is 0 Å². The minimum atomic E-state index is -0.139. The molecule has 3 nitrogen and oxygen atoms in total. The largest absolute Gasteiger partial charge is 0.322 e. The van der Waals surface area contributed by atoms with Crippen LogP contribution in [0.2, 0.25) is 0 Å². The molecule has 3 heteroatoms. The van der Waals surface area contributed by atoms with Gasteiger partial charge in [0.05, 0.1) is 0 Å². The fourth-order valence-corrected chi connectivity index (χ4v) is 3.36. The first-order chi connectivity index (χ1) is 12.1. The van der Waals surface area contributed by atoms with Crippen molar-refractivity contribution in [1.29, 1.82) is 0 Å². The van der Waals surface area contributed by atoms with Gasteiger partial charge in [-0.05, 0) is 29.3 Å². The number of hydrogen-bond donors (Lipinski definition) is 1. The van der Waals surface area contributed by atoms with Gasteiger partial charge < -0.3 is 4.98 Å². The summed E-state index contributed by atoms with van der Waals surface area (Å²) in [6, 6.07) is 21.2. The van der Waals surface area contributed by atoms with Gasteiger partial charge in [-0.3, -0.25) is 9.59 Å². The Kier molecular flexibility index (Phi) is 3.69. The molecule has 4 aromatic rings. The van der Waals surface area contributed by atoms with Crippen LogP contribution in [0.3, 0.4) is 0 Å². The van der Waals surface area contributed by atoms with Crippen LogP contribution in [0, 0.1) is 6.92 Å². The molecule has 0 unspecified atom stereocenters. The van der Waals surface area contributed by atoms with Crippen LogP contribution in [0.15, 0.2) is 71.5 Å². The number of benzene rings is 3. The number of aromatic nitrogens is 1. The van der Waals surface area contributed by atoms with Gasteiger partial charge in [0.15, 0.2) is 5.78 Å². The van der Waals surface area contributed by atoms with E-state index < -0.39 is 0 Å². The molecule has 1 N–H and O–H groups in total. The van der Waals surface area contributed by atoms with E-state index in [1.54, 1.807) is 6.92 Å². The predicted octanol–water partition coefficient (Wildman–Crippen LogP) is 4.42. The maximum absolute atomic E-state index is 13.0. The molecular formula is C22H17NO2. The molecule has 1 heterocycles. The highest BCUT2D eigenvalue weighted by molar-refractivity contribution is 6.09. The SMILES string of the molecule is Cc1c(CC(=O)c2cccc3ccccc23)c2ccccc2[nH]c1=O. The summed E-state index contributed by atoms with van der Waals surface area (Å²) in [4.78, 5) is 28.1. The lowest BCUT2D eigenvalue weighted by Crippen LogP contribution is -2.15. The van der Waals surface area contributed by atoms with E-state index in [4.69, 9.17) is 0 Å². The summed E-state index contributed by atoms with van der Waals surface area (Å²) >= 11 is 0. The maximum atomic E-state index is 13.0. The van der Waals surface area contributed by atoms with Crippen LogP contribution >= 0.6 is 0 Å². The van der Waals surface area contributed by atoms with Gasteiger partial charge in [0.1, 0.15) is 0 Å². The highest BCUT2D eigenvalue weighted by Crippen LogP contribution is 2.23. The fraction of sp³-hybridized carbons (Fsp3) is 0.0909. The summed E-state index contributed by atoms with van der Waals surface area (Å²) in [6.45, 7) is 1.77. The number of hydrogen-bond acceptors (Lipinski definition) is 2. The lowest BCUT2D eigenvalue weighted by Gasteiger charge is -2.10. The molecule has 0 aliphatic heterocycles. The Morgan fingerprint density at radius 2 is 1.56 bits per heavy atom. The summed E-state index contributed by atoms with van der Waals surface area (Å²) in [7, 11) is 0. The molecule has 0 aliphatic rings. The molecule has 0 saturated heterocycles. The molecule has 0 atom stereocenters. The van der Waals surface area contributed by atoms with Crippen LogP contribution in [0.1, 0.15) is 21.5 Å². The lowest BCUT2D eigenvalue weighted by atomic mass is 9.94. The minimum Gasteiger partial charge on any atom is -0.322 e. The number of ketones is 1. The minimum absolute atomic E-state index is 0.0238. The van der Waals surface area contributed by atoms with E-state index >= 15 is 0 Å². The molecule has 0 radical (unpaired) electrons. The Morgan fingerprint density at radius 1 is 0.880 bits per heavy atom. The molecule has 0 amide bonds. The number of pyridine rings is 1. The first-order valence-electron chi connectivity index (χ1n) is 8.26. The molecule has 3 aromatic carbocycles. The second-order valence-corrected chi connectivity index (χ2v) is 6.23. The molecule has 0 bridgehead atoms. The van der Waals surface area contributed by atoms with Gasteiger partial charge in [-0.25, -0.2) is 0 Å². The highest BCUT2D eigenvalue weighted by atomic mass is 16.1. The number of aromatic amines is 1. The van der Waals surface area contributed by atoms with E-state index in [0.29, 0.717) is 11.1 Å². The maximum Gasteiger partial charge on any atom is 0.251 e. The van der Waals surface area contributed by atoms with Gasteiger partial charge >= 0.3 is 0 Å². The highest BCUT2D eigenvalue weighted by Gasteiger charge is 2.15. The van der Waals surface area contributed by atoms with Crippen molar-refractivity contribution in [2.24, 2.45) is 0 Å². The van der Waals surface area contributed by atoms with Crippen molar-refractivity contribution >= 4 is 27.5 Å². The molecule has 122 valence electrons. The van der Waals surface area contributed by atoms with Crippen molar-refractivity contribution in [1.82, 2.24) is 4.98 Å². The van der Waals surface area contributed by atoms with E-state index in [0.717, 1.165) is 27.2 Å². The quantitative estimate of drug-likeness (QED) is 0.566. The molecule has 0 saturated carbocycles. The Bertz CT molecular complexity index is 1170. The zero-order valence-corrected chi connectivity index (χ0v) is 13.9. The van der Waals surface area contributed by atoms with E-state index in [9.17, 15) is 9.59 Å². The Balaban J connectivity index is 1.85. The molecule has 25 heavy (non-hydrogen) atoms. The van der Waals surface area contributed by atoms with Crippen molar-refractivity contribution in [3.8, 4) is 0 Å². The topological polar surface area (TPSA) is 49.9 Å². The van der Waals surface area contributed by atoms with Gasteiger partial charge in [-0.15, -0.1) is 0 Å². The number of rotatable bonds is 3. The average Bonchev–Trinajstić information content (AvgIpc) is 2.64. The molecule has 0 fully saturated rings. The predicted molar refractivity (Wildman–Crippen MR) is 101 cm³/mol. The monoisotopic (exact) mass is 327 g/mol. The van der Waals surface area contributed by atoms with E-state index in [1.165, 1.54) is 0 Å². The van der Waals surface area contributed by atoms with Crippen LogP contribution in [0.5, 0.6) is 0 Å². The van der Waals surface area contributed by atoms with Crippen LogP contribution in [-0.2, 0) is 6.42 Å². The third kappa shape index (κ3) is 2.64. The summed E-state index contributed by atoms with van der Waals surface area (Å²) in [5.41, 5.74) is 2.73. The summed E-state index contributed by atoms with van der Waals surface area (Å²) < 4.78 is 0. The molecule has 0 aliphatic carbocycles. The zero-order chi connectivity index (χ0) is 17.4. The number of carbonyl (C=O) groups excluding carboxylic acids is 1. The van der Waals surface area contributed by atoms with Gasteiger partial charge in [0, 0.05) is 28.5 Å². The van der Waals surface area contributed by atoms with Crippen LogP contribution in [-0.4, -0.2) is 10.8 Å². The smallest absolute Gasteiger partial charge is 0.251 e. The summed E-state index contributed by atoms with van der Waals surface area (Å²) in [5, 5.41) is 2.91. The average molecular weight is 327 g/mol. The number of para-hydroxylation sites is 1. The van der Waals surface area contributed by atoms with Crippen molar-refractivity contribution in [2.75, 3.05) is 0 Å². The van der Waals surface area contributed by atoms with Crippen molar-refractivity contribution in [3.05, 3.63) is 93.8 Å². The van der Waals surface area contributed by atoms with Crippen LogP contribution < -0.4 is 5.56 Å². The van der Waals surface area contributed by atoms with E-state index in [-0.39, 0.29) is 17.8 Å². The summed E-state index contributed by atoms with van der Waals surface area (Å²) in [5.74, 6) is 0.0238. The number of nitrogens with one attached hydrogen (secondary N) is 1. The first-order valence-corrected chi connectivity index (χ1v) is 8.26. The Morgan fingerprint density at radius 3 is 2.40 bits per heavy atom. The Labute approximate surface area is 144 Å². The normalized spacial score (nSPS) is 11.1. The molecule has 4 rings (SSSR count). The van der Waals surface area contributed by atoms with Gasteiger partial charge in [0.2, 0.25) is 0 Å². The summed E-state index contributed by atoms with van der Waals surface area (Å²) in [6.07, 6.45) is 0.213. The number of carbonyl (C=O) groups is 1. The second-order valence-electron chi connectivity index (χ2n) is 6.23. The van der Waals surface area contributed by atoms with Crippen molar-refractivity contribution in [3.63, 3.8) is 0 Å². The van der Waals surface area contributed by atoms with E-state index in [2.05, 4.69) is 4.98 Å². The molecular weight excluding hydrogens is 310 g/mol. The molecule has 0 spiro atoms. The number of Topliss-reactive ketones (excluding diaryl/α,β-unsaturated/α-hetero) is 1. The van der Waals surface area contributed by atoms with Crippen LogP contribution in [0.25, 0.3) is 21.7 Å². The number of fused-ring (bicyclic) bond motifs is 2. The Hall–Kier alpha value is -3.20. The fourth-order valence-electron chi connectivity index (χ4n) is 3.36. The van der Waals surface area contributed by atoms with Crippen molar-refractivity contribution < 1.29 is 4.79 Å².